The van der Waals surface area contributed by atoms with E-state index in [0.717, 1.165) is 32.4 Å². The van der Waals surface area contributed by atoms with Crippen LogP contribution in [-0.4, -0.2) is 50.5 Å². The molecule has 2 aliphatic rings. The van der Waals surface area contributed by atoms with E-state index in [-0.39, 0.29) is 11.1 Å². The Kier molecular flexibility index (Phi) is 3.66. The quantitative estimate of drug-likeness (QED) is 0.853. The topological polar surface area (TPSA) is 74.3 Å². The highest BCUT2D eigenvalue weighted by Crippen LogP contribution is 2.29. The first-order chi connectivity index (χ1) is 9.62. The summed E-state index contributed by atoms with van der Waals surface area (Å²) in [4.78, 5) is 6.40. The third-order valence-electron chi connectivity index (χ3n) is 4.21. The lowest BCUT2D eigenvalue weighted by molar-refractivity contribution is 0.309. The number of nitrogens with one attached hydrogen (secondary N) is 2. The van der Waals surface area contributed by atoms with E-state index in [0.29, 0.717) is 11.7 Å². The Morgan fingerprint density at radius 1 is 1.35 bits per heavy atom. The summed E-state index contributed by atoms with van der Waals surface area (Å²) in [6.45, 7) is 2.08. The van der Waals surface area contributed by atoms with Crippen LogP contribution in [0.4, 0.5) is 5.69 Å². The molecular weight excluding hydrogens is 276 g/mol. The fourth-order valence-electron chi connectivity index (χ4n) is 3.27. The Hall–Kier alpha value is -1.18. The van der Waals surface area contributed by atoms with Gasteiger partial charge in [-0.2, -0.15) is 0 Å². The fraction of sp³-hybridized carbons (Fsp3) is 0.615. The maximum atomic E-state index is 12.5. The third kappa shape index (κ3) is 2.41. The predicted molar refractivity (Wildman–Crippen MR) is 77.1 cm³/mol. The van der Waals surface area contributed by atoms with Crippen molar-refractivity contribution in [2.45, 2.75) is 36.4 Å². The highest BCUT2D eigenvalue weighted by Gasteiger charge is 2.39. The zero-order chi connectivity index (χ0) is 14.2. The SMILES string of the molecule is CNc1cccnc1S(=O)(=O)NC1CCN2CCCC12. The number of anilines is 1. The zero-order valence-corrected chi connectivity index (χ0v) is 12.4. The summed E-state index contributed by atoms with van der Waals surface area (Å²) >= 11 is 0. The number of fused-ring (bicyclic) bond motifs is 1. The first-order valence-electron chi connectivity index (χ1n) is 7.01. The molecule has 2 N–H and O–H groups in total. The van der Waals surface area contributed by atoms with Crippen LogP contribution in [-0.2, 0) is 10.0 Å². The van der Waals surface area contributed by atoms with E-state index in [1.807, 2.05) is 0 Å². The van der Waals surface area contributed by atoms with Crippen molar-refractivity contribution >= 4 is 15.7 Å². The van der Waals surface area contributed by atoms with E-state index in [9.17, 15) is 8.42 Å². The molecule has 2 unspecified atom stereocenters. The van der Waals surface area contributed by atoms with Gasteiger partial charge in [0.05, 0.1) is 5.69 Å². The maximum Gasteiger partial charge on any atom is 0.260 e. The number of hydrogen-bond donors (Lipinski definition) is 2. The Balaban J connectivity index is 1.82. The van der Waals surface area contributed by atoms with Crippen molar-refractivity contribution < 1.29 is 8.42 Å². The summed E-state index contributed by atoms with van der Waals surface area (Å²) in [6, 6.07) is 3.80. The van der Waals surface area contributed by atoms with Crippen LogP contribution >= 0.6 is 0 Å². The number of nitrogens with zero attached hydrogens (tertiary/aromatic N) is 2. The molecule has 0 aliphatic carbocycles. The highest BCUT2D eigenvalue weighted by molar-refractivity contribution is 7.89. The van der Waals surface area contributed by atoms with Gasteiger partial charge in [-0.05, 0) is 37.9 Å². The predicted octanol–water partition coefficient (Wildman–Crippen LogP) is 0.638. The minimum Gasteiger partial charge on any atom is -0.386 e. The van der Waals surface area contributed by atoms with Crippen molar-refractivity contribution in [1.82, 2.24) is 14.6 Å². The molecule has 110 valence electrons. The molecule has 20 heavy (non-hydrogen) atoms. The Morgan fingerprint density at radius 2 is 2.20 bits per heavy atom. The Morgan fingerprint density at radius 3 is 3.00 bits per heavy atom. The normalized spacial score (nSPS) is 26.6. The molecule has 0 aromatic carbocycles. The van der Waals surface area contributed by atoms with Gasteiger partial charge in [-0.3, -0.25) is 4.90 Å². The molecule has 0 radical (unpaired) electrons. The van der Waals surface area contributed by atoms with E-state index in [1.54, 1.807) is 19.2 Å². The van der Waals surface area contributed by atoms with Gasteiger partial charge in [0.25, 0.3) is 10.0 Å². The van der Waals surface area contributed by atoms with Gasteiger partial charge >= 0.3 is 0 Å². The van der Waals surface area contributed by atoms with Crippen LogP contribution in [0.2, 0.25) is 0 Å². The smallest absolute Gasteiger partial charge is 0.260 e. The molecule has 1 aromatic rings. The summed E-state index contributed by atoms with van der Waals surface area (Å²) in [6.07, 6.45) is 4.63. The Bertz CT molecular complexity index is 590. The van der Waals surface area contributed by atoms with Crippen molar-refractivity contribution in [1.29, 1.82) is 0 Å². The van der Waals surface area contributed by atoms with Crippen molar-refractivity contribution in [3.8, 4) is 0 Å². The van der Waals surface area contributed by atoms with Crippen LogP contribution in [0.25, 0.3) is 0 Å². The van der Waals surface area contributed by atoms with Crippen molar-refractivity contribution in [2.75, 3.05) is 25.5 Å². The molecule has 0 saturated carbocycles. The van der Waals surface area contributed by atoms with Crippen LogP contribution in [0.1, 0.15) is 19.3 Å². The molecule has 3 rings (SSSR count). The van der Waals surface area contributed by atoms with Gasteiger partial charge in [-0.15, -0.1) is 0 Å². The second kappa shape index (κ2) is 5.31. The number of hydrogen-bond acceptors (Lipinski definition) is 5. The first-order valence-corrected chi connectivity index (χ1v) is 8.49. The van der Waals surface area contributed by atoms with E-state index in [1.165, 1.54) is 6.20 Å². The lowest BCUT2D eigenvalue weighted by Crippen LogP contribution is -2.42. The van der Waals surface area contributed by atoms with Gasteiger partial charge < -0.3 is 5.32 Å². The molecule has 2 atom stereocenters. The maximum absolute atomic E-state index is 12.5. The second-order valence-corrected chi connectivity index (χ2v) is 7.00. The summed E-state index contributed by atoms with van der Waals surface area (Å²) in [5, 5.41) is 2.96. The molecule has 2 aliphatic heterocycles. The first kappa shape index (κ1) is 13.8. The molecule has 2 fully saturated rings. The number of rotatable bonds is 4. The zero-order valence-electron chi connectivity index (χ0n) is 11.5. The van der Waals surface area contributed by atoms with Crippen LogP contribution < -0.4 is 10.0 Å². The monoisotopic (exact) mass is 296 g/mol. The van der Waals surface area contributed by atoms with Gasteiger partial charge in [0, 0.05) is 31.9 Å². The molecular formula is C13H20N4O2S. The molecule has 1 aromatic heterocycles. The van der Waals surface area contributed by atoms with Crippen molar-refractivity contribution in [3.63, 3.8) is 0 Å². The molecule has 6 nitrogen and oxygen atoms in total. The number of pyridine rings is 1. The molecule has 2 saturated heterocycles. The third-order valence-corrected chi connectivity index (χ3v) is 5.66. The minimum atomic E-state index is -3.58. The van der Waals surface area contributed by atoms with E-state index in [4.69, 9.17) is 0 Å². The van der Waals surface area contributed by atoms with Gasteiger partial charge in [0.1, 0.15) is 0 Å². The molecule has 0 bridgehead atoms. The molecule has 7 heteroatoms. The minimum absolute atomic E-state index is 0.00853. The number of sulfonamides is 1. The molecule has 0 amide bonds. The van der Waals surface area contributed by atoms with Gasteiger partial charge in [0.2, 0.25) is 0 Å². The average molecular weight is 296 g/mol. The van der Waals surface area contributed by atoms with Crippen LogP contribution in [0, 0.1) is 0 Å². The lowest BCUT2D eigenvalue weighted by atomic mass is 10.1. The van der Waals surface area contributed by atoms with E-state index in [2.05, 4.69) is 19.9 Å². The van der Waals surface area contributed by atoms with Gasteiger partial charge in [-0.25, -0.2) is 18.1 Å². The molecule has 0 spiro atoms. The average Bonchev–Trinajstić information content (AvgIpc) is 3.04. The van der Waals surface area contributed by atoms with Gasteiger partial charge in [-0.1, -0.05) is 0 Å². The highest BCUT2D eigenvalue weighted by atomic mass is 32.2. The summed E-state index contributed by atoms with van der Waals surface area (Å²) in [7, 11) is -1.88. The summed E-state index contributed by atoms with van der Waals surface area (Å²) in [5.74, 6) is 0. The van der Waals surface area contributed by atoms with Crippen LogP contribution in [0.5, 0.6) is 0 Å². The largest absolute Gasteiger partial charge is 0.386 e. The lowest BCUT2D eigenvalue weighted by Gasteiger charge is -2.21. The molecule has 3 heterocycles. The Labute approximate surface area is 119 Å². The van der Waals surface area contributed by atoms with Crippen molar-refractivity contribution in [3.05, 3.63) is 18.3 Å². The summed E-state index contributed by atoms with van der Waals surface area (Å²) < 4.78 is 27.9. The fourth-order valence-corrected chi connectivity index (χ4v) is 4.71. The summed E-state index contributed by atoms with van der Waals surface area (Å²) in [5.41, 5.74) is 0.529. The van der Waals surface area contributed by atoms with Crippen LogP contribution in [0.15, 0.2) is 23.4 Å². The van der Waals surface area contributed by atoms with Crippen LogP contribution in [0.3, 0.4) is 0 Å². The number of aromatic nitrogens is 1. The van der Waals surface area contributed by atoms with E-state index < -0.39 is 10.0 Å². The second-order valence-electron chi connectivity index (χ2n) is 5.37. The standard InChI is InChI=1S/C13H20N4O2S/c1-14-11-4-2-7-15-13(11)20(18,19)16-10-6-9-17-8-3-5-12(10)17/h2,4,7,10,12,14,16H,3,5-6,8-9H2,1H3. The van der Waals surface area contributed by atoms with Gasteiger partial charge in [0.15, 0.2) is 5.03 Å². The van der Waals surface area contributed by atoms with E-state index >= 15 is 0 Å². The van der Waals surface area contributed by atoms with Crippen molar-refractivity contribution in [2.24, 2.45) is 0 Å².